The maximum Gasteiger partial charge on any atom is 0.271 e. The van der Waals surface area contributed by atoms with Gasteiger partial charge in [0.25, 0.3) is 5.91 Å². The SMILES string of the molecule is Cc1ccc(COc2ccc(C(=O)NN=Cc3ccccc3O)cc2)cc1. The minimum Gasteiger partial charge on any atom is -0.507 e. The lowest BCUT2D eigenvalue weighted by Gasteiger charge is -2.07. The zero-order chi connectivity index (χ0) is 19.1. The fourth-order valence-corrected chi connectivity index (χ4v) is 2.38. The Morgan fingerprint density at radius 2 is 1.74 bits per heavy atom. The van der Waals surface area contributed by atoms with Crippen molar-refractivity contribution < 1.29 is 14.6 Å². The Hall–Kier alpha value is -3.60. The summed E-state index contributed by atoms with van der Waals surface area (Å²) in [5.41, 5.74) is 5.72. The van der Waals surface area contributed by atoms with E-state index in [0.717, 1.165) is 5.56 Å². The number of para-hydroxylation sites is 1. The standard InChI is InChI=1S/C22H20N2O3/c1-16-6-8-17(9-7-16)15-27-20-12-10-18(11-13-20)22(26)24-23-14-19-4-2-3-5-21(19)25/h2-14,25H,15H2,1H3,(H,24,26). The molecule has 0 aliphatic rings. The fourth-order valence-electron chi connectivity index (χ4n) is 2.38. The average molecular weight is 360 g/mol. The van der Waals surface area contributed by atoms with Crippen LogP contribution in [-0.4, -0.2) is 17.2 Å². The zero-order valence-electron chi connectivity index (χ0n) is 14.9. The van der Waals surface area contributed by atoms with Crippen molar-refractivity contribution in [1.82, 2.24) is 5.43 Å². The van der Waals surface area contributed by atoms with Gasteiger partial charge in [-0.15, -0.1) is 0 Å². The second kappa shape index (κ2) is 8.67. The van der Waals surface area contributed by atoms with Crippen LogP contribution < -0.4 is 10.2 Å². The summed E-state index contributed by atoms with van der Waals surface area (Å²) in [5, 5.41) is 13.5. The van der Waals surface area contributed by atoms with Gasteiger partial charge in [-0.2, -0.15) is 5.10 Å². The quantitative estimate of drug-likeness (QED) is 0.515. The number of ether oxygens (including phenoxy) is 1. The molecule has 0 saturated heterocycles. The topological polar surface area (TPSA) is 70.9 Å². The van der Waals surface area contributed by atoms with Crippen LogP contribution in [0.5, 0.6) is 11.5 Å². The molecule has 0 fully saturated rings. The van der Waals surface area contributed by atoms with E-state index in [0.29, 0.717) is 23.5 Å². The van der Waals surface area contributed by atoms with Crippen LogP contribution in [0.1, 0.15) is 27.0 Å². The van der Waals surface area contributed by atoms with Gasteiger partial charge in [0.2, 0.25) is 0 Å². The van der Waals surface area contributed by atoms with Crippen LogP contribution in [0, 0.1) is 6.92 Å². The summed E-state index contributed by atoms with van der Waals surface area (Å²) < 4.78 is 5.73. The van der Waals surface area contributed by atoms with E-state index in [-0.39, 0.29) is 11.7 Å². The average Bonchev–Trinajstić information content (AvgIpc) is 2.69. The summed E-state index contributed by atoms with van der Waals surface area (Å²) in [7, 11) is 0. The van der Waals surface area contributed by atoms with Gasteiger partial charge in [0.15, 0.2) is 0 Å². The van der Waals surface area contributed by atoms with Crippen LogP contribution >= 0.6 is 0 Å². The van der Waals surface area contributed by atoms with E-state index in [4.69, 9.17) is 4.74 Å². The molecule has 0 heterocycles. The lowest BCUT2D eigenvalue weighted by atomic mass is 10.2. The molecule has 5 nitrogen and oxygen atoms in total. The molecule has 0 aliphatic carbocycles. The first-order chi connectivity index (χ1) is 13.1. The Balaban J connectivity index is 1.54. The number of benzene rings is 3. The monoisotopic (exact) mass is 360 g/mol. The highest BCUT2D eigenvalue weighted by Gasteiger charge is 2.05. The molecule has 0 radical (unpaired) electrons. The number of hydrazone groups is 1. The zero-order valence-corrected chi connectivity index (χ0v) is 14.9. The first-order valence-electron chi connectivity index (χ1n) is 8.51. The van der Waals surface area contributed by atoms with Gasteiger partial charge in [0, 0.05) is 11.1 Å². The number of carbonyl (C=O) groups excluding carboxylic acids is 1. The molecule has 0 aromatic heterocycles. The van der Waals surface area contributed by atoms with Crippen LogP contribution in [0.3, 0.4) is 0 Å². The molecule has 0 saturated carbocycles. The van der Waals surface area contributed by atoms with Gasteiger partial charge in [-0.05, 0) is 48.9 Å². The molecule has 5 heteroatoms. The minimum absolute atomic E-state index is 0.102. The summed E-state index contributed by atoms with van der Waals surface area (Å²) in [6.07, 6.45) is 1.40. The van der Waals surface area contributed by atoms with Crippen LogP contribution in [0.4, 0.5) is 0 Å². The predicted molar refractivity (Wildman–Crippen MR) is 105 cm³/mol. The molecule has 27 heavy (non-hydrogen) atoms. The Kier molecular flexibility index (Phi) is 5.84. The number of nitrogens with zero attached hydrogens (tertiary/aromatic N) is 1. The molecular weight excluding hydrogens is 340 g/mol. The number of amides is 1. The molecule has 2 N–H and O–H groups in total. The first-order valence-corrected chi connectivity index (χ1v) is 8.51. The highest BCUT2D eigenvalue weighted by Crippen LogP contribution is 2.15. The van der Waals surface area contributed by atoms with Crippen molar-refractivity contribution in [2.45, 2.75) is 13.5 Å². The summed E-state index contributed by atoms with van der Waals surface area (Å²) in [6, 6.07) is 21.7. The third kappa shape index (κ3) is 5.19. The number of hydrogen-bond acceptors (Lipinski definition) is 4. The third-order valence-electron chi connectivity index (χ3n) is 3.95. The molecule has 0 bridgehead atoms. The van der Waals surface area contributed by atoms with Gasteiger partial charge in [0.1, 0.15) is 18.1 Å². The molecular formula is C22H20N2O3. The maximum atomic E-state index is 12.1. The molecule has 0 aliphatic heterocycles. The van der Waals surface area contributed by atoms with E-state index >= 15 is 0 Å². The predicted octanol–water partition coefficient (Wildman–Crippen LogP) is 4.04. The van der Waals surface area contributed by atoms with Crippen LogP contribution in [0.15, 0.2) is 77.9 Å². The van der Waals surface area contributed by atoms with Gasteiger partial charge in [-0.25, -0.2) is 5.43 Å². The van der Waals surface area contributed by atoms with E-state index in [2.05, 4.69) is 10.5 Å². The van der Waals surface area contributed by atoms with Crippen molar-refractivity contribution in [2.24, 2.45) is 5.10 Å². The molecule has 3 aromatic rings. The fraction of sp³-hybridized carbons (Fsp3) is 0.0909. The van der Waals surface area contributed by atoms with Crippen molar-refractivity contribution in [3.63, 3.8) is 0 Å². The Labute approximate surface area is 157 Å². The highest BCUT2D eigenvalue weighted by molar-refractivity contribution is 5.95. The molecule has 0 spiro atoms. The number of phenols is 1. The molecule has 136 valence electrons. The Morgan fingerprint density at radius 1 is 1.04 bits per heavy atom. The van der Waals surface area contributed by atoms with E-state index in [1.165, 1.54) is 11.8 Å². The number of aromatic hydroxyl groups is 1. The van der Waals surface area contributed by atoms with E-state index in [9.17, 15) is 9.90 Å². The molecule has 0 atom stereocenters. The van der Waals surface area contributed by atoms with E-state index in [1.54, 1.807) is 48.5 Å². The van der Waals surface area contributed by atoms with Crippen molar-refractivity contribution in [1.29, 1.82) is 0 Å². The molecule has 3 aromatic carbocycles. The van der Waals surface area contributed by atoms with Crippen LogP contribution in [-0.2, 0) is 6.61 Å². The lowest BCUT2D eigenvalue weighted by molar-refractivity contribution is 0.0955. The number of phenolic OH excluding ortho intramolecular Hbond substituents is 1. The number of carbonyl (C=O) groups is 1. The minimum atomic E-state index is -0.341. The van der Waals surface area contributed by atoms with Crippen molar-refractivity contribution >= 4 is 12.1 Å². The first kappa shape index (κ1) is 18.2. The highest BCUT2D eigenvalue weighted by atomic mass is 16.5. The van der Waals surface area contributed by atoms with E-state index in [1.807, 2.05) is 31.2 Å². The summed E-state index contributed by atoms with van der Waals surface area (Å²) in [6.45, 7) is 2.51. The third-order valence-corrected chi connectivity index (χ3v) is 3.95. The lowest BCUT2D eigenvalue weighted by Crippen LogP contribution is -2.17. The number of hydrogen-bond donors (Lipinski definition) is 2. The van der Waals surface area contributed by atoms with Gasteiger partial charge >= 0.3 is 0 Å². The van der Waals surface area contributed by atoms with Gasteiger partial charge < -0.3 is 9.84 Å². The van der Waals surface area contributed by atoms with Crippen molar-refractivity contribution in [3.8, 4) is 11.5 Å². The molecule has 3 rings (SSSR count). The number of nitrogens with one attached hydrogen (secondary N) is 1. The molecule has 1 amide bonds. The largest absolute Gasteiger partial charge is 0.507 e. The van der Waals surface area contributed by atoms with Gasteiger partial charge in [-0.1, -0.05) is 42.0 Å². The second-order valence-corrected chi connectivity index (χ2v) is 6.06. The van der Waals surface area contributed by atoms with Crippen molar-refractivity contribution in [3.05, 3.63) is 95.1 Å². The molecule has 0 unspecified atom stereocenters. The second-order valence-electron chi connectivity index (χ2n) is 6.06. The normalized spacial score (nSPS) is 10.7. The summed E-state index contributed by atoms with van der Waals surface area (Å²) >= 11 is 0. The Bertz CT molecular complexity index is 933. The smallest absolute Gasteiger partial charge is 0.271 e. The summed E-state index contributed by atoms with van der Waals surface area (Å²) in [4.78, 5) is 12.1. The Morgan fingerprint density at radius 3 is 2.44 bits per heavy atom. The van der Waals surface area contributed by atoms with Crippen LogP contribution in [0.25, 0.3) is 0 Å². The number of rotatable bonds is 6. The van der Waals surface area contributed by atoms with E-state index < -0.39 is 0 Å². The van der Waals surface area contributed by atoms with Crippen molar-refractivity contribution in [2.75, 3.05) is 0 Å². The van der Waals surface area contributed by atoms with Gasteiger partial charge in [0.05, 0.1) is 6.21 Å². The van der Waals surface area contributed by atoms with Gasteiger partial charge in [-0.3, -0.25) is 4.79 Å². The summed E-state index contributed by atoms with van der Waals surface area (Å²) in [5.74, 6) is 0.446. The number of aryl methyl sites for hydroxylation is 1. The van der Waals surface area contributed by atoms with Crippen LogP contribution in [0.2, 0.25) is 0 Å². The maximum absolute atomic E-state index is 12.1.